The zero-order valence-corrected chi connectivity index (χ0v) is 13.0. The third-order valence-corrected chi connectivity index (χ3v) is 5.02. The van der Waals surface area contributed by atoms with Gasteiger partial charge in [-0.25, -0.2) is 4.98 Å². The standard InChI is InChI=1S/C14H23N3O2S/c1-3-19-12(18)14(15-2)7-4-5-11(14)6-10-20-13-16-8-9-17-13/h8-9,11,15H,3-7,10H2,1-2H3,(H,16,17). The van der Waals surface area contributed by atoms with Crippen LogP contribution in [0.4, 0.5) is 0 Å². The van der Waals surface area contributed by atoms with Crippen molar-refractivity contribution in [3.05, 3.63) is 12.4 Å². The van der Waals surface area contributed by atoms with Crippen LogP contribution >= 0.6 is 11.8 Å². The van der Waals surface area contributed by atoms with Crippen LogP contribution in [0.15, 0.2) is 17.6 Å². The molecule has 112 valence electrons. The van der Waals surface area contributed by atoms with Crippen molar-refractivity contribution in [1.29, 1.82) is 0 Å². The van der Waals surface area contributed by atoms with Crippen molar-refractivity contribution < 1.29 is 9.53 Å². The maximum Gasteiger partial charge on any atom is 0.326 e. The van der Waals surface area contributed by atoms with Gasteiger partial charge in [0.15, 0.2) is 5.16 Å². The van der Waals surface area contributed by atoms with Crippen molar-refractivity contribution in [3.8, 4) is 0 Å². The van der Waals surface area contributed by atoms with Crippen LogP contribution in [0.25, 0.3) is 0 Å². The van der Waals surface area contributed by atoms with Gasteiger partial charge in [0.1, 0.15) is 5.54 Å². The number of aromatic nitrogens is 2. The number of imidazole rings is 1. The predicted octanol–water partition coefficient (Wildman–Crippen LogP) is 2.21. The Morgan fingerprint density at radius 2 is 2.55 bits per heavy atom. The molecule has 2 N–H and O–H groups in total. The van der Waals surface area contributed by atoms with Crippen molar-refractivity contribution in [3.63, 3.8) is 0 Å². The average molecular weight is 297 g/mol. The zero-order chi connectivity index (χ0) is 14.4. The lowest BCUT2D eigenvalue weighted by Gasteiger charge is -2.32. The van der Waals surface area contributed by atoms with Gasteiger partial charge in [0.05, 0.1) is 6.61 Å². The summed E-state index contributed by atoms with van der Waals surface area (Å²) in [7, 11) is 1.87. The fourth-order valence-electron chi connectivity index (χ4n) is 3.06. The summed E-state index contributed by atoms with van der Waals surface area (Å²) in [5, 5.41) is 4.19. The van der Waals surface area contributed by atoms with Crippen molar-refractivity contribution in [2.24, 2.45) is 5.92 Å². The van der Waals surface area contributed by atoms with E-state index in [2.05, 4.69) is 15.3 Å². The summed E-state index contributed by atoms with van der Waals surface area (Å²) in [6.45, 7) is 2.30. The molecule has 0 bridgehead atoms. The van der Waals surface area contributed by atoms with Gasteiger partial charge >= 0.3 is 5.97 Å². The summed E-state index contributed by atoms with van der Waals surface area (Å²) in [6.07, 6.45) is 7.61. The molecule has 0 amide bonds. The van der Waals surface area contributed by atoms with Crippen LogP contribution in [0.2, 0.25) is 0 Å². The van der Waals surface area contributed by atoms with Gasteiger partial charge in [0, 0.05) is 18.1 Å². The molecule has 1 saturated carbocycles. The molecular formula is C14H23N3O2S. The summed E-state index contributed by atoms with van der Waals surface area (Å²) in [6, 6.07) is 0. The molecule has 6 heteroatoms. The first-order valence-electron chi connectivity index (χ1n) is 7.21. The van der Waals surface area contributed by atoms with Crippen LogP contribution in [0, 0.1) is 5.92 Å². The quantitative estimate of drug-likeness (QED) is 0.596. The van der Waals surface area contributed by atoms with E-state index in [9.17, 15) is 4.79 Å². The number of nitrogens with zero attached hydrogens (tertiary/aromatic N) is 1. The molecule has 0 spiro atoms. The number of H-pyrrole nitrogens is 1. The van der Waals surface area contributed by atoms with E-state index in [1.807, 2.05) is 20.2 Å². The van der Waals surface area contributed by atoms with Gasteiger partial charge in [-0.3, -0.25) is 4.79 Å². The van der Waals surface area contributed by atoms with Gasteiger partial charge in [-0.1, -0.05) is 18.2 Å². The molecule has 0 saturated heterocycles. The Morgan fingerprint density at radius 3 is 3.20 bits per heavy atom. The van der Waals surface area contributed by atoms with Crippen LogP contribution < -0.4 is 5.32 Å². The molecular weight excluding hydrogens is 274 g/mol. The van der Waals surface area contributed by atoms with Crippen molar-refractivity contribution >= 4 is 17.7 Å². The number of hydrogen-bond acceptors (Lipinski definition) is 5. The molecule has 5 nitrogen and oxygen atoms in total. The molecule has 1 fully saturated rings. The van der Waals surface area contributed by atoms with Crippen LogP contribution in [-0.4, -0.2) is 40.9 Å². The molecule has 2 unspecified atom stereocenters. The Morgan fingerprint density at radius 1 is 1.70 bits per heavy atom. The van der Waals surface area contributed by atoms with E-state index in [0.29, 0.717) is 12.5 Å². The van der Waals surface area contributed by atoms with E-state index in [-0.39, 0.29) is 5.97 Å². The maximum atomic E-state index is 12.3. The Labute approximate surface area is 124 Å². The number of likely N-dealkylation sites (N-methyl/N-ethyl adjacent to an activating group) is 1. The molecule has 2 atom stereocenters. The SMILES string of the molecule is CCOC(=O)C1(NC)CCCC1CCSc1ncc[nH]1. The second kappa shape index (κ2) is 7.13. The third-order valence-electron chi connectivity index (χ3n) is 4.08. The van der Waals surface area contributed by atoms with Gasteiger partial charge in [-0.15, -0.1) is 0 Å². The molecule has 1 aliphatic rings. The Kier molecular flexibility index (Phi) is 5.48. The van der Waals surface area contributed by atoms with Gasteiger partial charge in [-0.05, 0) is 39.2 Å². The second-order valence-corrected chi connectivity index (χ2v) is 6.15. The number of thioether (sulfide) groups is 1. The minimum atomic E-state index is -0.486. The normalized spacial score (nSPS) is 25.8. The third kappa shape index (κ3) is 3.17. The highest BCUT2D eigenvalue weighted by Crippen LogP contribution is 2.39. The summed E-state index contributed by atoms with van der Waals surface area (Å²) in [5.74, 6) is 1.21. The van der Waals surface area contributed by atoms with E-state index in [1.165, 1.54) is 0 Å². The Hall–Kier alpha value is -1.01. The summed E-state index contributed by atoms with van der Waals surface area (Å²) < 4.78 is 5.28. The first-order chi connectivity index (χ1) is 9.73. The van der Waals surface area contributed by atoms with Crippen LogP contribution in [-0.2, 0) is 9.53 Å². The summed E-state index contributed by atoms with van der Waals surface area (Å²) >= 11 is 1.70. The molecule has 1 aliphatic carbocycles. The van der Waals surface area contributed by atoms with E-state index in [4.69, 9.17) is 4.74 Å². The first kappa shape index (κ1) is 15.4. The van der Waals surface area contributed by atoms with E-state index >= 15 is 0 Å². The van der Waals surface area contributed by atoms with E-state index < -0.39 is 5.54 Å². The summed E-state index contributed by atoms with van der Waals surface area (Å²) in [5.41, 5.74) is -0.486. The fourth-order valence-corrected chi connectivity index (χ4v) is 3.94. The lowest BCUT2D eigenvalue weighted by molar-refractivity contribution is -0.152. The average Bonchev–Trinajstić information content (AvgIpc) is 3.09. The molecule has 0 radical (unpaired) electrons. The maximum absolute atomic E-state index is 12.3. The predicted molar refractivity (Wildman–Crippen MR) is 79.7 cm³/mol. The van der Waals surface area contributed by atoms with Crippen molar-refractivity contribution in [2.75, 3.05) is 19.4 Å². The number of carbonyl (C=O) groups excluding carboxylic acids is 1. The monoisotopic (exact) mass is 297 g/mol. The van der Waals surface area contributed by atoms with Crippen molar-refractivity contribution in [2.45, 2.75) is 43.3 Å². The van der Waals surface area contributed by atoms with E-state index in [1.54, 1.807) is 18.0 Å². The number of aromatic amines is 1. The number of hydrogen-bond donors (Lipinski definition) is 2. The highest BCUT2D eigenvalue weighted by Gasteiger charge is 2.48. The number of rotatable bonds is 7. The van der Waals surface area contributed by atoms with Gasteiger partial charge in [-0.2, -0.15) is 0 Å². The molecule has 1 heterocycles. The molecule has 0 aromatic carbocycles. The van der Waals surface area contributed by atoms with Gasteiger partial charge in [0.2, 0.25) is 0 Å². The van der Waals surface area contributed by atoms with Crippen LogP contribution in [0.3, 0.4) is 0 Å². The lowest BCUT2D eigenvalue weighted by atomic mass is 9.85. The van der Waals surface area contributed by atoms with Crippen molar-refractivity contribution in [1.82, 2.24) is 15.3 Å². The summed E-state index contributed by atoms with van der Waals surface area (Å²) in [4.78, 5) is 19.6. The van der Waals surface area contributed by atoms with E-state index in [0.717, 1.165) is 36.6 Å². The topological polar surface area (TPSA) is 67.0 Å². The van der Waals surface area contributed by atoms with Gasteiger partial charge in [0.25, 0.3) is 0 Å². The Bertz CT molecular complexity index is 424. The second-order valence-electron chi connectivity index (χ2n) is 5.06. The number of nitrogens with one attached hydrogen (secondary N) is 2. The van der Waals surface area contributed by atoms with Crippen LogP contribution in [0.5, 0.6) is 0 Å². The zero-order valence-electron chi connectivity index (χ0n) is 12.1. The smallest absolute Gasteiger partial charge is 0.326 e. The molecule has 1 aromatic heterocycles. The molecule has 1 aromatic rings. The first-order valence-corrected chi connectivity index (χ1v) is 8.19. The largest absolute Gasteiger partial charge is 0.465 e. The molecule has 2 rings (SSSR count). The number of ether oxygens (including phenoxy) is 1. The highest BCUT2D eigenvalue weighted by molar-refractivity contribution is 7.99. The number of esters is 1. The Balaban J connectivity index is 1.92. The van der Waals surface area contributed by atoms with Crippen LogP contribution in [0.1, 0.15) is 32.6 Å². The highest BCUT2D eigenvalue weighted by atomic mass is 32.2. The lowest BCUT2D eigenvalue weighted by Crippen LogP contribution is -2.54. The molecule has 0 aliphatic heterocycles. The number of carbonyl (C=O) groups is 1. The minimum absolute atomic E-state index is 0.0898. The van der Waals surface area contributed by atoms with Gasteiger partial charge < -0.3 is 15.0 Å². The fraction of sp³-hybridized carbons (Fsp3) is 0.714. The molecule has 20 heavy (non-hydrogen) atoms. The minimum Gasteiger partial charge on any atom is -0.465 e.